The Labute approximate surface area is 200 Å². The lowest BCUT2D eigenvalue weighted by molar-refractivity contribution is -0.116. The van der Waals surface area contributed by atoms with E-state index in [1.807, 2.05) is 31.3 Å². The van der Waals surface area contributed by atoms with E-state index >= 15 is 0 Å². The van der Waals surface area contributed by atoms with Gasteiger partial charge in [-0.2, -0.15) is 16.9 Å². The molecule has 0 saturated carbocycles. The van der Waals surface area contributed by atoms with E-state index in [0.717, 1.165) is 36.1 Å². The minimum absolute atomic E-state index is 0. The predicted octanol–water partition coefficient (Wildman–Crippen LogP) is 3.29. The number of rotatable bonds is 6. The van der Waals surface area contributed by atoms with E-state index in [-0.39, 0.29) is 36.4 Å². The Hall–Kier alpha value is -1.75. The lowest BCUT2D eigenvalue weighted by Crippen LogP contribution is -2.48. The number of aliphatic imine (C=N–C) groups is 1. The summed E-state index contributed by atoms with van der Waals surface area (Å²) in [6.07, 6.45) is 3.44. The SMILES string of the molecule is CN=C(NCc1cccc(NC(=O)Cn2cccn2)c1)N1CCSC(C(C)C)C1.I. The second-order valence-electron chi connectivity index (χ2n) is 7.45. The molecule has 30 heavy (non-hydrogen) atoms. The number of benzene rings is 1. The van der Waals surface area contributed by atoms with Crippen LogP contribution < -0.4 is 10.6 Å². The Balaban J connectivity index is 0.00000320. The number of nitrogens with one attached hydrogen (secondary N) is 2. The Morgan fingerprint density at radius 2 is 2.20 bits per heavy atom. The van der Waals surface area contributed by atoms with Crippen LogP contribution in [-0.4, -0.2) is 57.7 Å². The third-order valence-corrected chi connectivity index (χ3v) is 6.41. The van der Waals surface area contributed by atoms with Crippen LogP contribution in [0.2, 0.25) is 0 Å². The molecule has 7 nitrogen and oxygen atoms in total. The Morgan fingerprint density at radius 3 is 2.90 bits per heavy atom. The molecule has 2 heterocycles. The second-order valence-corrected chi connectivity index (χ2v) is 8.80. The van der Waals surface area contributed by atoms with Crippen LogP contribution in [0.25, 0.3) is 0 Å². The van der Waals surface area contributed by atoms with E-state index in [0.29, 0.717) is 17.7 Å². The fourth-order valence-corrected chi connectivity index (χ4v) is 4.58. The van der Waals surface area contributed by atoms with E-state index in [4.69, 9.17) is 0 Å². The smallest absolute Gasteiger partial charge is 0.246 e. The molecule has 1 fully saturated rings. The average Bonchev–Trinajstić information content (AvgIpc) is 3.22. The number of amides is 1. The van der Waals surface area contributed by atoms with Crippen molar-refractivity contribution in [2.24, 2.45) is 10.9 Å². The normalized spacial score (nSPS) is 16.9. The summed E-state index contributed by atoms with van der Waals surface area (Å²) >= 11 is 2.06. The van der Waals surface area contributed by atoms with E-state index in [1.54, 1.807) is 23.1 Å². The molecule has 1 aliphatic rings. The molecule has 0 aliphatic carbocycles. The molecule has 9 heteroatoms. The van der Waals surface area contributed by atoms with Gasteiger partial charge in [-0.25, -0.2) is 0 Å². The van der Waals surface area contributed by atoms with Crippen molar-refractivity contribution < 1.29 is 4.79 Å². The molecule has 1 aliphatic heterocycles. The van der Waals surface area contributed by atoms with Crippen LogP contribution in [0.3, 0.4) is 0 Å². The third kappa shape index (κ3) is 7.19. The first-order chi connectivity index (χ1) is 14.0. The number of nitrogens with zero attached hydrogens (tertiary/aromatic N) is 4. The molecule has 1 saturated heterocycles. The van der Waals surface area contributed by atoms with Gasteiger partial charge in [-0.3, -0.25) is 14.5 Å². The molecule has 0 bridgehead atoms. The number of thioether (sulfide) groups is 1. The first-order valence-electron chi connectivity index (χ1n) is 9.98. The van der Waals surface area contributed by atoms with Gasteiger partial charge in [0.15, 0.2) is 5.96 Å². The number of carbonyl (C=O) groups is 1. The number of halogens is 1. The van der Waals surface area contributed by atoms with Crippen molar-refractivity contribution >= 4 is 53.3 Å². The van der Waals surface area contributed by atoms with Gasteiger partial charge in [0.25, 0.3) is 0 Å². The van der Waals surface area contributed by atoms with Crippen molar-refractivity contribution in [3.8, 4) is 0 Å². The number of carbonyl (C=O) groups excluding carboxylic acids is 1. The number of guanidine groups is 1. The summed E-state index contributed by atoms with van der Waals surface area (Å²) in [4.78, 5) is 19.0. The molecule has 2 N–H and O–H groups in total. The lowest BCUT2D eigenvalue weighted by atomic mass is 10.1. The number of hydrogen-bond acceptors (Lipinski definition) is 4. The van der Waals surface area contributed by atoms with E-state index in [1.165, 1.54) is 0 Å². The van der Waals surface area contributed by atoms with Crippen LogP contribution in [0, 0.1) is 5.92 Å². The van der Waals surface area contributed by atoms with Gasteiger partial charge >= 0.3 is 0 Å². The van der Waals surface area contributed by atoms with Crippen LogP contribution >= 0.6 is 35.7 Å². The van der Waals surface area contributed by atoms with Crippen LogP contribution in [0.1, 0.15) is 19.4 Å². The van der Waals surface area contributed by atoms with E-state index < -0.39 is 0 Å². The Morgan fingerprint density at radius 1 is 1.37 bits per heavy atom. The van der Waals surface area contributed by atoms with Crippen LogP contribution in [-0.2, 0) is 17.9 Å². The van der Waals surface area contributed by atoms with Crippen molar-refractivity contribution in [1.29, 1.82) is 0 Å². The minimum atomic E-state index is -0.0971. The topological polar surface area (TPSA) is 74.5 Å². The summed E-state index contributed by atoms with van der Waals surface area (Å²) in [7, 11) is 1.83. The van der Waals surface area contributed by atoms with Gasteiger partial charge < -0.3 is 15.5 Å². The molecule has 1 aromatic heterocycles. The molecule has 164 valence electrons. The fourth-order valence-electron chi connectivity index (χ4n) is 3.29. The lowest BCUT2D eigenvalue weighted by Gasteiger charge is -2.36. The van der Waals surface area contributed by atoms with Gasteiger partial charge in [0.1, 0.15) is 6.54 Å². The maximum absolute atomic E-state index is 12.2. The van der Waals surface area contributed by atoms with Crippen molar-refractivity contribution in [3.63, 3.8) is 0 Å². The predicted molar refractivity (Wildman–Crippen MR) is 136 cm³/mol. The molecular formula is C21H31IN6OS. The first kappa shape index (κ1) is 24.5. The molecule has 1 amide bonds. The van der Waals surface area contributed by atoms with Gasteiger partial charge in [-0.05, 0) is 29.7 Å². The second kappa shape index (κ2) is 12.2. The number of hydrogen-bond donors (Lipinski definition) is 2. The Bertz CT molecular complexity index is 827. The summed E-state index contributed by atoms with van der Waals surface area (Å²) in [5.74, 6) is 2.62. The van der Waals surface area contributed by atoms with Gasteiger partial charge in [-0.1, -0.05) is 26.0 Å². The standard InChI is InChI=1S/C21H30N6OS.HI/c1-16(2)19-14-26(10-11-29-19)21(22-3)23-13-17-6-4-7-18(12-17)25-20(28)15-27-9-5-8-24-27;/h4-9,12,16,19H,10-11,13-15H2,1-3H3,(H,22,23)(H,25,28);1H. The zero-order valence-corrected chi connectivity index (χ0v) is 20.9. The van der Waals surface area contributed by atoms with Crippen LogP contribution in [0.5, 0.6) is 0 Å². The van der Waals surface area contributed by atoms with Crippen molar-refractivity contribution in [1.82, 2.24) is 20.0 Å². The molecule has 1 unspecified atom stereocenters. The zero-order chi connectivity index (χ0) is 20.6. The monoisotopic (exact) mass is 542 g/mol. The van der Waals surface area contributed by atoms with Crippen LogP contribution in [0.4, 0.5) is 5.69 Å². The fraction of sp³-hybridized carbons (Fsp3) is 0.476. The number of aromatic nitrogens is 2. The maximum atomic E-state index is 12.2. The quantitative estimate of drug-likeness (QED) is 0.333. The minimum Gasteiger partial charge on any atom is -0.352 e. The van der Waals surface area contributed by atoms with Crippen LogP contribution in [0.15, 0.2) is 47.7 Å². The van der Waals surface area contributed by atoms with Gasteiger partial charge in [-0.15, -0.1) is 24.0 Å². The van der Waals surface area contributed by atoms with Crippen molar-refractivity contribution in [2.45, 2.75) is 32.2 Å². The van der Waals surface area contributed by atoms with Gasteiger partial charge in [0.2, 0.25) is 5.91 Å². The average molecular weight is 542 g/mol. The summed E-state index contributed by atoms with van der Waals surface area (Å²) < 4.78 is 1.60. The Kier molecular flexibility index (Phi) is 9.96. The van der Waals surface area contributed by atoms with Gasteiger partial charge in [0, 0.05) is 55.8 Å². The van der Waals surface area contributed by atoms with Crippen molar-refractivity contribution in [2.75, 3.05) is 31.2 Å². The summed E-state index contributed by atoms with van der Waals surface area (Å²) in [6.45, 7) is 7.45. The highest BCUT2D eigenvalue weighted by molar-refractivity contribution is 14.0. The number of anilines is 1. The maximum Gasteiger partial charge on any atom is 0.246 e. The van der Waals surface area contributed by atoms with Crippen molar-refractivity contribution in [3.05, 3.63) is 48.3 Å². The highest BCUT2D eigenvalue weighted by atomic mass is 127. The highest BCUT2D eigenvalue weighted by Crippen LogP contribution is 2.24. The summed E-state index contributed by atoms with van der Waals surface area (Å²) in [5.41, 5.74) is 1.88. The zero-order valence-electron chi connectivity index (χ0n) is 17.7. The molecule has 1 atom stereocenters. The largest absolute Gasteiger partial charge is 0.352 e. The van der Waals surface area contributed by atoms with E-state index in [2.05, 4.69) is 51.2 Å². The molecule has 3 rings (SSSR count). The van der Waals surface area contributed by atoms with E-state index in [9.17, 15) is 4.79 Å². The first-order valence-corrected chi connectivity index (χ1v) is 11.0. The molecule has 2 aromatic rings. The molecular weight excluding hydrogens is 511 g/mol. The summed E-state index contributed by atoms with van der Waals surface area (Å²) in [6, 6.07) is 9.69. The third-order valence-electron chi connectivity index (χ3n) is 4.87. The highest BCUT2D eigenvalue weighted by Gasteiger charge is 2.24. The summed E-state index contributed by atoms with van der Waals surface area (Å²) in [5, 5.41) is 11.1. The molecule has 0 radical (unpaired) electrons. The van der Waals surface area contributed by atoms with Gasteiger partial charge in [0.05, 0.1) is 0 Å². The molecule has 0 spiro atoms. The molecule has 1 aromatic carbocycles.